The fraction of sp³-hybridized carbons (Fsp3) is 0.261. The molecule has 5 rings (SSSR count). The maximum atomic E-state index is 11.5. The highest BCUT2D eigenvalue weighted by Crippen LogP contribution is 2.40. The highest BCUT2D eigenvalue weighted by atomic mass is 16.5. The van der Waals surface area contributed by atoms with Crippen LogP contribution < -0.4 is 18.9 Å². The quantitative estimate of drug-likeness (QED) is 0.0459. The van der Waals surface area contributed by atoms with E-state index in [0.29, 0.717) is 123 Å². The van der Waals surface area contributed by atoms with E-state index in [1.165, 1.54) is 0 Å². The maximum Gasteiger partial charge on any atom is 0.165 e. The summed E-state index contributed by atoms with van der Waals surface area (Å²) in [4.78, 5) is 46.2. The smallest absolute Gasteiger partial charge is 0.165 e. The summed E-state index contributed by atoms with van der Waals surface area (Å²) in [7, 11) is 0. The van der Waals surface area contributed by atoms with Crippen molar-refractivity contribution in [2.24, 2.45) is 0 Å². The molecule has 278 valence electrons. The Bertz CT molecular complexity index is 1700. The van der Waals surface area contributed by atoms with Gasteiger partial charge < -0.3 is 18.9 Å². The number of carbonyl (C=O) groups is 4. The molecule has 8 heteroatoms. The van der Waals surface area contributed by atoms with Gasteiger partial charge in [0, 0.05) is 34.4 Å². The molecular weight excluding hydrogens is 680 g/mol. The van der Waals surface area contributed by atoms with Crippen molar-refractivity contribution in [1.29, 1.82) is 0 Å². The Morgan fingerprint density at radius 3 is 0.778 bits per heavy atom. The van der Waals surface area contributed by atoms with Crippen LogP contribution in [0.15, 0.2) is 109 Å². The van der Waals surface area contributed by atoms with Crippen LogP contribution in [0.25, 0.3) is 0 Å². The first-order valence-corrected chi connectivity index (χ1v) is 18.4. The van der Waals surface area contributed by atoms with Gasteiger partial charge in [0.2, 0.25) is 0 Å². The minimum atomic E-state index is 0.370. The van der Waals surface area contributed by atoms with E-state index in [0.717, 1.165) is 47.4 Å². The van der Waals surface area contributed by atoms with Crippen LogP contribution in [0.1, 0.15) is 89.4 Å². The predicted octanol–water partition coefficient (Wildman–Crippen LogP) is 8.98. The van der Waals surface area contributed by atoms with Gasteiger partial charge in [0.05, 0.1) is 26.4 Å². The Balaban J connectivity index is 1.32. The molecule has 5 aromatic carbocycles. The van der Waals surface area contributed by atoms with E-state index in [-0.39, 0.29) is 0 Å². The lowest BCUT2D eigenvalue weighted by Crippen LogP contribution is -2.08. The van der Waals surface area contributed by atoms with Gasteiger partial charge >= 0.3 is 0 Å². The fourth-order valence-corrected chi connectivity index (χ4v) is 6.26. The van der Waals surface area contributed by atoms with E-state index >= 15 is 0 Å². The van der Waals surface area contributed by atoms with Crippen LogP contribution in [-0.2, 0) is 25.7 Å². The summed E-state index contributed by atoms with van der Waals surface area (Å²) in [5.41, 5.74) is 6.51. The van der Waals surface area contributed by atoms with E-state index in [9.17, 15) is 19.2 Å². The molecule has 0 amide bonds. The molecule has 0 aliphatic heterocycles. The normalized spacial score (nSPS) is 10.7. The highest BCUT2D eigenvalue weighted by molar-refractivity contribution is 5.78. The van der Waals surface area contributed by atoms with Crippen molar-refractivity contribution in [2.45, 2.75) is 51.4 Å². The van der Waals surface area contributed by atoms with Crippen LogP contribution in [-0.4, -0.2) is 51.6 Å². The highest BCUT2D eigenvalue weighted by Gasteiger charge is 2.17. The van der Waals surface area contributed by atoms with Crippen molar-refractivity contribution < 1.29 is 38.1 Å². The molecule has 54 heavy (non-hydrogen) atoms. The first-order chi connectivity index (χ1) is 26.6. The summed E-state index contributed by atoms with van der Waals surface area (Å²) in [5, 5.41) is 0. The molecule has 0 radical (unpaired) electrons. The zero-order valence-electron chi connectivity index (χ0n) is 30.5. The summed E-state index contributed by atoms with van der Waals surface area (Å²) in [6, 6.07) is 33.7. The zero-order valence-corrected chi connectivity index (χ0v) is 30.5. The Hall–Kier alpha value is -6.02. The number of ether oxygens (including phenoxy) is 4. The lowest BCUT2D eigenvalue weighted by Gasteiger charge is -2.19. The molecule has 0 N–H and O–H groups in total. The van der Waals surface area contributed by atoms with Crippen LogP contribution in [0.3, 0.4) is 0 Å². The minimum absolute atomic E-state index is 0.370. The van der Waals surface area contributed by atoms with E-state index in [2.05, 4.69) is 0 Å². The maximum absolute atomic E-state index is 11.5. The second-order valence-electron chi connectivity index (χ2n) is 12.8. The molecule has 8 nitrogen and oxygen atoms in total. The number of aldehydes is 4. The van der Waals surface area contributed by atoms with Crippen LogP contribution in [0.4, 0.5) is 0 Å². The van der Waals surface area contributed by atoms with Gasteiger partial charge in [0.25, 0.3) is 0 Å². The van der Waals surface area contributed by atoms with E-state index in [1.54, 1.807) is 12.1 Å². The van der Waals surface area contributed by atoms with E-state index in [1.807, 2.05) is 97.1 Å². The number of rotatable bonds is 24. The molecule has 0 atom stereocenters. The van der Waals surface area contributed by atoms with Crippen LogP contribution in [0, 0.1) is 0 Å². The van der Waals surface area contributed by atoms with Crippen molar-refractivity contribution >= 4 is 25.1 Å². The zero-order chi connectivity index (χ0) is 37.8. The standard InChI is InChI=1S/C46H46O8/c47-31-39-17-5-1-13-35(39)21-9-25-51-43-29-45(53-27-11-23-37-15-3-7-19-41(37)33-49)46(54-28-12-24-38-16-4-8-20-42(38)34-50)30-44(43)52-26-10-22-36-14-2-6-18-40(36)32-48/h1-8,13-20,29-34H,9-12,21-28H2. The van der Waals surface area contributed by atoms with Crippen molar-refractivity contribution in [2.75, 3.05) is 26.4 Å². The minimum Gasteiger partial charge on any atom is -0.490 e. The summed E-state index contributed by atoms with van der Waals surface area (Å²) < 4.78 is 25.3. The molecule has 0 aliphatic rings. The monoisotopic (exact) mass is 726 g/mol. The van der Waals surface area contributed by atoms with Crippen molar-refractivity contribution in [3.8, 4) is 23.0 Å². The fourth-order valence-electron chi connectivity index (χ4n) is 6.26. The van der Waals surface area contributed by atoms with Crippen LogP contribution >= 0.6 is 0 Å². The van der Waals surface area contributed by atoms with Gasteiger partial charge in [-0.25, -0.2) is 0 Å². The largest absolute Gasteiger partial charge is 0.490 e. The SMILES string of the molecule is O=Cc1ccccc1CCCOc1cc(OCCCc2ccccc2C=O)c(OCCCc2ccccc2C=O)cc1OCCCc1ccccc1C=O. The van der Waals surface area contributed by atoms with Gasteiger partial charge in [-0.05, 0) is 73.6 Å². The van der Waals surface area contributed by atoms with Crippen LogP contribution in [0.5, 0.6) is 23.0 Å². The Morgan fingerprint density at radius 1 is 0.333 bits per heavy atom. The molecule has 0 spiro atoms. The molecule has 0 aliphatic carbocycles. The first-order valence-electron chi connectivity index (χ1n) is 18.4. The number of hydrogen-bond donors (Lipinski definition) is 0. The lowest BCUT2D eigenvalue weighted by atomic mass is 10.0. The molecule has 0 fully saturated rings. The molecular formula is C46H46O8. The molecule has 0 bridgehead atoms. The Morgan fingerprint density at radius 2 is 0.556 bits per heavy atom. The molecule has 0 aromatic heterocycles. The number of benzene rings is 5. The topological polar surface area (TPSA) is 105 Å². The Kier molecular flexibility index (Phi) is 15.6. The first kappa shape index (κ1) is 39.2. The van der Waals surface area contributed by atoms with Crippen molar-refractivity contribution in [3.05, 3.63) is 154 Å². The van der Waals surface area contributed by atoms with Crippen molar-refractivity contribution in [3.63, 3.8) is 0 Å². The third-order valence-corrected chi connectivity index (χ3v) is 9.13. The number of hydrogen-bond acceptors (Lipinski definition) is 8. The van der Waals surface area contributed by atoms with E-state index < -0.39 is 0 Å². The summed E-state index contributed by atoms with van der Waals surface area (Å²) >= 11 is 0. The average Bonchev–Trinajstić information content (AvgIpc) is 3.22. The number of aryl methyl sites for hydroxylation is 4. The van der Waals surface area contributed by atoms with Gasteiger partial charge in [0.1, 0.15) is 25.1 Å². The second kappa shape index (κ2) is 21.5. The van der Waals surface area contributed by atoms with Crippen molar-refractivity contribution in [1.82, 2.24) is 0 Å². The molecule has 0 heterocycles. The average molecular weight is 727 g/mol. The second-order valence-corrected chi connectivity index (χ2v) is 12.8. The molecule has 5 aromatic rings. The van der Waals surface area contributed by atoms with Gasteiger partial charge in [-0.3, -0.25) is 19.2 Å². The van der Waals surface area contributed by atoms with Gasteiger partial charge in [-0.15, -0.1) is 0 Å². The molecule has 0 saturated carbocycles. The van der Waals surface area contributed by atoms with E-state index in [4.69, 9.17) is 18.9 Å². The van der Waals surface area contributed by atoms with Crippen LogP contribution in [0.2, 0.25) is 0 Å². The lowest BCUT2D eigenvalue weighted by molar-refractivity contribution is 0.111. The van der Waals surface area contributed by atoms with Gasteiger partial charge in [-0.2, -0.15) is 0 Å². The summed E-state index contributed by atoms with van der Waals surface area (Å²) in [5.74, 6) is 2.00. The van der Waals surface area contributed by atoms with Gasteiger partial charge in [-0.1, -0.05) is 97.1 Å². The molecule has 0 unspecified atom stereocenters. The Labute approximate surface area is 317 Å². The third-order valence-electron chi connectivity index (χ3n) is 9.13. The number of carbonyl (C=O) groups excluding carboxylic acids is 4. The summed E-state index contributed by atoms with van der Waals surface area (Å²) in [6.07, 6.45) is 8.82. The predicted molar refractivity (Wildman–Crippen MR) is 209 cm³/mol. The third kappa shape index (κ3) is 11.5. The summed E-state index contributed by atoms with van der Waals surface area (Å²) in [6.45, 7) is 1.48. The molecule has 0 saturated heterocycles. The van der Waals surface area contributed by atoms with Gasteiger partial charge in [0.15, 0.2) is 23.0 Å².